The van der Waals surface area contributed by atoms with E-state index in [1.165, 1.54) is 62.9 Å². The fourth-order valence-electron chi connectivity index (χ4n) is 3.01. The number of hydrogen-bond acceptors (Lipinski definition) is 8. The molecular formula is C22H20F3N3O5S2. The number of alkyl halides is 3. The summed E-state index contributed by atoms with van der Waals surface area (Å²) in [6.07, 6.45) is -2.38. The predicted molar refractivity (Wildman–Crippen MR) is 124 cm³/mol. The summed E-state index contributed by atoms with van der Waals surface area (Å²) in [5, 5.41) is -0.164. The molecule has 2 heterocycles. The van der Waals surface area contributed by atoms with E-state index in [4.69, 9.17) is 9.47 Å². The molecule has 0 aliphatic carbocycles. The van der Waals surface area contributed by atoms with E-state index < -0.39 is 27.7 Å². The molecule has 2 aromatic heterocycles. The first kappa shape index (κ1) is 26.3. The standard InChI is InChI=1S/C22H20F3N3O5S2/c1-32-18-11-10-17(19(27-18)33-2)28(35(3,30)31)21(29)15-8-6-14(7-9-15)13-34-20-16(22(23,24)25)5-4-12-26-20/h4-12H,13H2,1-3H3. The van der Waals surface area contributed by atoms with Crippen LogP contribution in [0.3, 0.4) is 0 Å². The maximum atomic E-state index is 13.2. The van der Waals surface area contributed by atoms with Crippen molar-refractivity contribution in [3.8, 4) is 11.8 Å². The molecule has 0 atom stereocenters. The van der Waals surface area contributed by atoms with E-state index in [1.54, 1.807) is 0 Å². The lowest BCUT2D eigenvalue weighted by Gasteiger charge is -2.22. The van der Waals surface area contributed by atoms with E-state index in [2.05, 4.69) is 9.97 Å². The first-order valence-electron chi connectivity index (χ1n) is 9.83. The van der Waals surface area contributed by atoms with Crippen molar-refractivity contribution in [2.75, 3.05) is 24.8 Å². The van der Waals surface area contributed by atoms with Crippen LogP contribution in [0.15, 0.2) is 59.8 Å². The summed E-state index contributed by atoms with van der Waals surface area (Å²) in [5.74, 6) is -0.677. The van der Waals surface area contributed by atoms with Crippen molar-refractivity contribution >= 4 is 33.4 Å². The van der Waals surface area contributed by atoms with Crippen LogP contribution in [-0.4, -0.2) is 44.8 Å². The van der Waals surface area contributed by atoms with E-state index in [1.807, 2.05) is 0 Å². The minimum absolute atomic E-state index is 0.0378. The maximum absolute atomic E-state index is 13.2. The van der Waals surface area contributed by atoms with E-state index in [0.717, 1.165) is 24.1 Å². The molecule has 0 unspecified atom stereocenters. The summed E-state index contributed by atoms with van der Waals surface area (Å²) < 4.78 is 75.2. The van der Waals surface area contributed by atoms with Crippen molar-refractivity contribution < 1.29 is 35.9 Å². The topological polar surface area (TPSA) is 98.7 Å². The average Bonchev–Trinajstić information content (AvgIpc) is 2.82. The maximum Gasteiger partial charge on any atom is 0.419 e. The first-order valence-corrected chi connectivity index (χ1v) is 12.7. The molecule has 186 valence electrons. The van der Waals surface area contributed by atoms with Crippen molar-refractivity contribution in [2.45, 2.75) is 17.0 Å². The number of sulfonamides is 1. The van der Waals surface area contributed by atoms with Crippen LogP contribution in [0.4, 0.5) is 18.9 Å². The van der Waals surface area contributed by atoms with Gasteiger partial charge in [-0.15, -0.1) is 11.8 Å². The van der Waals surface area contributed by atoms with Crippen LogP contribution in [-0.2, 0) is 22.0 Å². The number of ether oxygens (including phenoxy) is 2. The quantitative estimate of drug-likeness (QED) is 0.398. The molecule has 0 radical (unpaired) electrons. The second-order valence-corrected chi connectivity index (χ2v) is 9.85. The van der Waals surface area contributed by atoms with Crippen LogP contribution in [0.1, 0.15) is 21.5 Å². The summed E-state index contributed by atoms with van der Waals surface area (Å²) in [4.78, 5) is 21.0. The van der Waals surface area contributed by atoms with Gasteiger partial charge < -0.3 is 9.47 Å². The lowest BCUT2D eigenvalue weighted by Crippen LogP contribution is -2.36. The highest BCUT2D eigenvalue weighted by atomic mass is 32.2. The van der Waals surface area contributed by atoms with Gasteiger partial charge in [0.1, 0.15) is 10.7 Å². The van der Waals surface area contributed by atoms with Gasteiger partial charge >= 0.3 is 6.18 Å². The van der Waals surface area contributed by atoms with Gasteiger partial charge in [0.15, 0.2) is 0 Å². The monoisotopic (exact) mass is 527 g/mol. The van der Waals surface area contributed by atoms with Gasteiger partial charge in [-0.3, -0.25) is 4.79 Å². The van der Waals surface area contributed by atoms with Crippen LogP contribution in [0.5, 0.6) is 11.8 Å². The molecular weight excluding hydrogens is 507 g/mol. The predicted octanol–water partition coefficient (Wildman–Crippen LogP) is 4.41. The van der Waals surface area contributed by atoms with Gasteiger partial charge in [-0.25, -0.2) is 13.4 Å². The van der Waals surface area contributed by atoms with Crippen molar-refractivity contribution in [1.29, 1.82) is 0 Å². The molecule has 0 saturated heterocycles. The van der Waals surface area contributed by atoms with Crippen LogP contribution in [0, 0.1) is 0 Å². The second-order valence-electron chi connectivity index (χ2n) is 7.05. The van der Waals surface area contributed by atoms with Crippen molar-refractivity contribution in [1.82, 2.24) is 9.97 Å². The zero-order valence-corrected chi connectivity index (χ0v) is 20.4. The molecule has 0 spiro atoms. The molecule has 8 nitrogen and oxygen atoms in total. The van der Waals surface area contributed by atoms with Crippen LogP contribution >= 0.6 is 11.8 Å². The van der Waals surface area contributed by atoms with Crippen LogP contribution < -0.4 is 13.8 Å². The Morgan fingerprint density at radius 2 is 1.74 bits per heavy atom. The minimum atomic E-state index is -4.53. The number of amides is 1. The van der Waals surface area contributed by atoms with Gasteiger partial charge in [-0.05, 0) is 35.9 Å². The third-order valence-corrected chi connectivity index (χ3v) is 6.71. The van der Waals surface area contributed by atoms with Gasteiger partial charge in [-0.1, -0.05) is 12.1 Å². The third-order valence-electron chi connectivity index (χ3n) is 4.61. The summed E-state index contributed by atoms with van der Waals surface area (Å²) in [7, 11) is -1.44. The molecule has 3 aromatic rings. The van der Waals surface area contributed by atoms with E-state index >= 15 is 0 Å². The number of thioether (sulfide) groups is 1. The molecule has 0 N–H and O–H groups in total. The molecule has 13 heteroatoms. The molecule has 0 saturated carbocycles. The number of halogens is 3. The number of rotatable bonds is 8. The lowest BCUT2D eigenvalue weighted by atomic mass is 10.1. The number of benzene rings is 1. The normalized spacial score (nSPS) is 11.7. The van der Waals surface area contributed by atoms with Crippen molar-refractivity contribution in [3.05, 3.63) is 71.4 Å². The zero-order valence-electron chi connectivity index (χ0n) is 18.7. The van der Waals surface area contributed by atoms with Crippen molar-refractivity contribution in [2.24, 2.45) is 0 Å². The summed E-state index contributed by atoms with van der Waals surface area (Å²) in [6, 6.07) is 10.7. The Morgan fingerprint density at radius 1 is 1.06 bits per heavy atom. The third kappa shape index (κ3) is 6.22. The van der Waals surface area contributed by atoms with Crippen LogP contribution in [0.2, 0.25) is 0 Å². The highest BCUT2D eigenvalue weighted by molar-refractivity contribution is 7.98. The Labute approximate surface area is 204 Å². The lowest BCUT2D eigenvalue weighted by molar-refractivity contribution is -0.140. The highest BCUT2D eigenvalue weighted by Gasteiger charge is 2.34. The zero-order chi connectivity index (χ0) is 25.8. The first-order chi connectivity index (χ1) is 16.5. The Hall–Kier alpha value is -3.32. The van der Waals surface area contributed by atoms with E-state index in [9.17, 15) is 26.4 Å². The molecule has 0 bridgehead atoms. The molecule has 3 rings (SSSR count). The minimum Gasteiger partial charge on any atom is -0.481 e. The second kappa shape index (κ2) is 10.5. The van der Waals surface area contributed by atoms with Gasteiger partial charge in [-0.2, -0.15) is 22.5 Å². The largest absolute Gasteiger partial charge is 0.481 e. The van der Waals surface area contributed by atoms with Gasteiger partial charge in [0, 0.05) is 23.6 Å². The molecule has 1 aromatic carbocycles. The van der Waals surface area contributed by atoms with Crippen LogP contribution in [0.25, 0.3) is 0 Å². The summed E-state index contributed by atoms with van der Waals surface area (Å²) >= 11 is 0.898. The SMILES string of the molecule is COc1ccc(N(C(=O)c2ccc(CSc3ncccc3C(F)(F)F)cc2)S(C)(=O)=O)c(OC)n1. The smallest absolute Gasteiger partial charge is 0.419 e. The number of pyridine rings is 2. The fraction of sp³-hybridized carbons (Fsp3) is 0.227. The Balaban J connectivity index is 1.85. The number of carbonyl (C=O) groups is 1. The molecule has 0 aliphatic rings. The van der Waals surface area contributed by atoms with Crippen molar-refractivity contribution in [3.63, 3.8) is 0 Å². The number of hydrogen-bond donors (Lipinski definition) is 0. The van der Waals surface area contributed by atoms with Gasteiger partial charge in [0.2, 0.25) is 21.8 Å². The Bertz CT molecular complexity index is 1320. The molecule has 0 aliphatic heterocycles. The number of nitrogens with zero attached hydrogens (tertiary/aromatic N) is 3. The number of methoxy groups -OCH3 is 2. The fourth-order valence-corrected chi connectivity index (χ4v) is 4.88. The summed E-state index contributed by atoms with van der Waals surface area (Å²) in [6.45, 7) is 0. The average molecular weight is 528 g/mol. The summed E-state index contributed by atoms with van der Waals surface area (Å²) in [5.41, 5.74) is -0.284. The highest BCUT2D eigenvalue weighted by Crippen LogP contribution is 2.36. The molecule has 1 amide bonds. The van der Waals surface area contributed by atoms with E-state index in [-0.39, 0.29) is 33.8 Å². The molecule has 0 fully saturated rings. The molecule has 35 heavy (non-hydrogen) atoms. The number of carbonyl (C=O) groups excluding carboxylic acids is 1. The number of anilines is 1. The number of aromatic nitrogens is 2. The van der Waals surface area contributed by atoms with Gasteiger partial charge in [0.05, 0.1) is 26.0 Å². The van der Waals surface area contributed by atoms with E-state index in [0.29, 0.717) is 9.87 Å². The van der Waals surface area contributed by atoms with Gasteiger partial charge in [0.25, 0.3) is 5.91 Å². The Morgan fingerprint density at radius 3 is 2.31 bits per heavy atom. The Kier molecular flexibility index (Phi) is 7.90.